The number of halogens is 3. The molecule has 1 unspecified atom stereocenters. The highest BCUT2D eigenvalue weighted by molar-refractivity contribution is 8.32. The number of hydrogen-bond donors (Lipinski definition) is 0. The molecule has 1 heterocycles. The monoisotopic (exact) mass is 736 g/mol. The van der Waals surface area contributed by atoms with Gasteiger partial charge in [0.15, 0.2) is 0 Å². The third kappa shape index (κ3) is 12.6. The van der Waals surface area contributed by atoms with Crippen LogP contribution in [0.4, 0.5) is 10.1 Å². The lowest BCUT2D eigenvalue weighted by Crippen LogP contribution is -2.51. The van der Waals surface area contributed by atoms with Crippen molar-refractivity contribution >= 4 is 68.0 Å². The second-order valence-corrected chi connectivity index (χ2v) is 19.5. The minimum Gasteiger partial charge on any atom is -0.459 e. The van der Waals surface area contributed by atoms with E-state index in [0.717, 1.165) is 16.3 Å². The molecule has 4 rings (SSSR count). The molecule has 1 aliphatic heterocycles. The number of rotatable bonds is 10. The Labute approximate surface area is 302 Å². The molecule has 0 aliphatic carbocycles. The molecule has 2 atom stereocenters. The van der Waals surface area contributed by atoms with Gasteiger partial charge < -0.3 is 14.4 Å². The summed E-state index contributed by atoms with van der Waals surface area (Å²) in [7, 11) is -0.776. The molecule has 0 spiro atoms. The number of nitrogens with zero attached hydrogens (tertiary/aromatic N) is 2. The normalized spacial score (nSPS) is 16.9. The standard InChI is InChI=1S/C31H42ClFN2O4S2.C6H5Cl/c1-21-11-12-23(33)18-26(21)29-25(13-14-27(40)34(29)19-28(36)39-31(2,3)4)30(37)35(20-38-15-16-41(5,6)7)24-10-8-9-22(32)17-24;7-6-4-2-1-3-5-6/h8-12,17-18,25,29H,13-16,19-20H2,1-7H3;1-5H/t25?,29-;/m0./s1. The molecule has 0 bridgehead atoms. The van der Waals surface area contributed by atoms with Crippen molar-refractivity contribution in [1.29, 1.82) is 0 Å². The van der Waals surface area contributed by atoms with Crippen LogP contribution in [0.25, 0.3) is 0 Å². The fourth-order valence-corrected chi connectivity index (χ4v) is 6.46. The van der Waals surface area contributed by atoms with Gasteiger partial charge in [0.05, 0.1) is 23.6 Å². The minimum atomic E-state index is -0.776. The van der Waals surface area contributed by atoms with Crippen molar-refractivity contribution in [1.82, 2.24) is 4.90 Å². The summed E-state index contributed by atoms with van der Waals surface area (Å²) in [5.41, 5.74) is 1.32. The number of amides is 1. The van der Waals surface area contributed by atoms with Crippen molar-refractivity contribution in [2.45, 2.75) is 52.2 Å². The van der Waals surface area contributed by atoms with Crippen LogP contribution in [0, 0.1) is 18.7 Å². The first kappa shape index (κ1) is 39.7. The first-order chi connectivity index (χ1) is 22.4. The number of esters is 1. The zero-order valence-corrected chi connectivity index (χ0v) is 31.9. The zero-order chi connectivity index (χ0) is 35.6. The van der Waals surface area contributed by atoms with Crippen molar-refractivity contribution in [2.75, 3.05) is 49.3 Å². The first-order valence-electron chi connectivity index (χ1n) is 15.7. The molecule has 1 fully saturated rings. The largest absolute Gasteiger partial charge is 0.459 e. The number of piperidine rings is 1. The van der Waals surface area contributed by atoms with Crippen molar-refractivity contribution in [3.8, 4) is 0 Å². The van der Waals surface area contributed by atoms with Crippen LogP contribution in [0.2, 0.25) is 10.0 Å². The molecule has 1 amide bonds. The molecule has 0 radical (unpaired) electrons. The van der Waals surface area contributed by atoms with Gasteiger partial charge in [-0.15, -0.1) is 0 Å². The smallest absolute Gasteiger partial charge is 0.326 e. The lowest BCUT2D eigenvalue weighted by atomic mass is 9.81. The highest BCUT2D eigenvalue weighted by Gasteiger charge is 2.43. The maximum atomic E-state index is 14.6. The molecule has 0 saturated carbocycles. The Hall–Kier alpha value is -2.69. The van der Waals surface area contributed by atoms with Gasteiger partial charge in [-0.2, -0.15) is 0 Å². The predicted molar refractivity (Wildman–Crippen MR) is 203 cm³/mol. The topological polar surface area (TPSA) is 59.1 Å². The second kappa shape index (κ2) is 17.8. The first-order valence-corrected chi connectivity index (χ1v) is 19.9. The average Bonchev–Trinajstić information content (AvgIpc) is 2.98. The molecular formula is C37H47Cl2FN2O4S2. The Balaban J connectivity index is 0.000000789. The van der Waals surface area contributed by atoms with Gasteiger partial charge in [0.25, 0.3) is 0 Å². The molecule has 0 aromatic heterocycles. The van der Waals surface area contributed by atoms with Crippen LogP contribution in [0.5, 0.6) is 0 Å². The van der Waals surface area contributed by atoms with Gasteiger partial charge in [0.1, 0.15) is 24.7 Å². The van der Waals surface area contributed by atoms with Crippen LogP contribution in [0.3, 0.4) is 0 Å². The molecule has 0 N–H and O–H groups in total. The number of benzene rings is 3. The molecule has 6 nitrogen and oxygen atoms in total. The number of carbonyl (C=O) groups is 2. The lowest BCUT2D eigenvalue weighted by Gasteiger charge is -2.44. The highest BCUT2D eigenvalue weighted by atomic mass is 35.5. The van der Waals surface area contributed by atoms with Gasteiger partial charge in [0.2, 0.25) is 5.91 Å². The molecule has 11 heteroatoms. The van der Waals surface area contributed by atoms with E-state index in [2.05, 4.69) is 18.8 Å². The number of ether oxygens (including phenoxy) is 2. The summed E-state index contributed by atoms with van der Waals surface area (Å²) in [4.78, 5) is 31.3. The summed E-state index contributed by atoms with van der Waals surface area (Å²) >= 11 is 17.6. The van der Waals surface area contributed by atoms with Gasteiger partial charge >= 0.3 is 5.97 Å². The molecule has 262 valence electrons. The van der Waals surface area contributed by atoms with Crippen molar-refractivity contribution in [3.05, 3.63) is 99.8 Å². The Morgan fingerprint density at radius 1 is 1.00 bits per heavy atom. The fraction of sp³-hybridized carbons (Fsp3) is 0.432. The Bertz CT molecular complexity index is 1550. The number of anilines is 1. The molecule has 3 aromatic carbocycles. The third-order valence-electron chi connectivity index (χ3n) is 7.48. The number of thiocarbonyl (C=S) groups is 1. The van der Waals surface area contributed by atoms with E-state index in [9.17, 15) is 14.0 Å². The number of carbonyl (C=O) groups excluding carboxylic acids is 2. The van der Waals surface area contributed by atoms with Crippen molar-refractivity contribution < 1.29 is 23.5 Å². The molecule has 1 saturated heterocycles. The summed E-state index contributed by atoms with van der Waals surface area (Å²) in [6.07, 6.45) is 7.51. The highest BCUT2D eigenvalue weighted by Crippen LogP contribution is 2.41. The SMILES string of the molecule is Cc1ccc(F)cc1[C@@H]1C(C(=O)N(COCCS(C)(C)C)c2cccc(Cl)c2)CCC(=S)N1CC(=O)OC(C)(C)C.Clc1ccccc1. The van der Waals surface area contributed by atoms with Crippen LogP contribution >= 0.6 is 45.4 Å². The quantitative estimate of drug-likeness (QED) is 0.0896. The van der Waals surface area contributed by atoms with Crippen LogP contribution in [0.15, 0.2) is 72.8 Å². The Morgan fingerprint density at radius 3 is 2.25 bits per heavy atom. The van der Waals surface area contributed by atoms with E-state index in [0.29, 0.717) is 40.7 Å². The molecule has 1 aliphatic rings. The Morgan fingerprint density at radius 2 is 1.67 bits per heavy atom. The Kier molecular flexibility index (Phi) is 14.7. The number of aryl methyl sites for hydroxylation is 1. The van der Waals surface area contributed by atoms with E-state index in [1.165, 1.54) is 12.1 Å². The van der Waals surface area contributed by atoms with Crippen LogP contribution in [-0.2, 0) is 19.1 Å². The summed E-state index contributed by atoms with van der Waals surface area (Å²) in [5.74, 6) is -0.838. The maximum Gasteiger partial charge on any atom is 0.326 e. The van der Waals surface area contributed by atoms with E-state index < -0.39 is 39.4 Å². The summed E-state index contributed by atoms with van der Waals surface area (Å²) < 4.78 is 26.3. The summed E-state index contributed by atoms with van der Waals surface area (Å²) in [6, 6.07) is 20.4. The molecule has 3 aromatic rings. The third-order valence-corrected chi connectivity index (χ3v) is 9.80. The number of likely N-dealkylation sites (tertiary alicyclic amines) is 1. The van der Waals surface area contributed by atoms with Crippen LogP contribution in [-0.4, -0.2) is 71.8 Å². The number of hydrogen-bond acceptors (Lipinski definition) is 5. The van der Waals surface area contributed by atoms with Gasteiger partial charge in [-0.1, -0.05) is 65.8 Å². The van der Waals surface area contributed by atoms with E-state index >= 15 is 0 Å². The van der Waals surface area contributed by atoms with E-state index in [1.807, 2.05) is 43.3 Å². The fourth-order valence-electron chi connectivity index (χ4n) is 5.21. The molecule has 48 heavy (non-hydrogen) atoms. The minimum absolute atomic E-state index is 0.0383. The van der Waals surface area contributed by atoms with E-state index in [-0.39, 0.29) is 19.2 Å². The van der Waals surface area contributed by atoms with Crippen molar-refractivity contribution in [2.24, 2.45) is 5.92 Å². The zero-order valence-electron chi connectivity index (χ0n) is 28.8. The second-order valence-electron chi connectivity index (χ2n) is 13.6. The van der Waals surface area contributed by atoms with Gasteiger partial charge in [-0.25, -0.2) is 14.4 Å². The average molecular weight is 738 g/mol. The summed E-state index contributed by atoms with van der Waals surface area (Å²) in [5, 5.41) is 1.29. The van der Waals surface area contributed by atoms with Crippen molar-refractivity contribution in [3.63, 3.8) is 0 Å². The lowest BCUT2D eigenvalue weighted by molar-refractivity contribution is -0.156. The predicted octanol–water partition coefficient (Wildman–Crippen LogP) is 9.25. The van der Waals surface area contributed by atoms with Crippen LogP contribution in [0.1, 0.15) is 50.8 Å². The van der Waals surface area contributed by atoms with E-state index in [4.69, 9.17) is 44.9 Å². The van der Waals surface area contributed by atoms with Gasteiger partial charge in [0, 0.05) is 21.5 Å². The van der Waals surface area contributed by atoms with E-state index in [1.54, 1.807) is 54.8 Å². The van der Waals surface area contributed by atoms with Crippen LogP contribution < -0.4 is 4.90 Å². The maximum absolute atomic E-state index is 14.6. The summed E-state index contributed by atoms with van der Waals surface area (Å²) in [6.45, 7) is 7.65. The molecular weight excluding hydrogens is 690 g/mol. The van der Waals surface area contributed by atoms with Gasteiger partial charge in [-0.3, -0.25) is 14.5 Å². The van der Waals surface area contributed by atoms with Gasteiger partial charge in [-0.05, 0) is 113 Å².